The zero-order valence-electron chi connectivity index (χ0n) is 9.76. The summed E-state index contributed by atoms with van der Waals surface area (Å²) in [5, 5.41) is 4.97. The van der Waals surface area contributed by atoms with E-state index in [0.29, 0.717) is 0 Å². The molecule has 0 fully saturated rings. The Bertz CT molecular complexity index is 596. The minimum Gasteiger partial charge on any atom is -0.383 e. The predicted octanol–water partition coefficient (Wildman–Crippen LogP) is 4.15. The summed E-state index contributed by atoms with van der Waals surface area (Å²) < 4.78 is 0.847. The third kappa shape index (κ3) is 2.08. The fraction of sp³-hybridized carbons (Fsp3) is 0.231. The quantitative estimate of drug-likeness (QED) is 0.832. The van der Waals surface area contributed by atoms with E-state index in [9.17, 15) is 0 Å². The Morgan fingerprint density at radius 3 is 2.78 bits per heavy atom. The van der Waals surface area contributed by atoms with Gasteiger partial charge in [0.25, 0.3) is 0 Å². The lowest BCUT2D eigenvalue weighted by atomic mass is 10.0. The topological polar surface area (TPSA) is 34.5 Å². The predicted molar refractivity (Wildman–Crippen MR) is 77.0 cm³/mol. The van der Waals surface area contributed by atoms with Crippen LogP contribution in [0.3, 0.4) is 0 Å². The molecule has 1 aliphatic rings. The van der Waals surface area contributed by atoms with E-state index < -0.39 is 0 Å². The molecule has 0 saturated carbocycles. The van der Waals surface area contributed by atoms with Crippen LogP contribution in [0.15, 0.2) is 41.7 Å². The molecule has 1 aromatic carbocycles. The largest absolute Gasteiger partial charge is 0.383 e. The fourth-order valence-electron chi connectivity index (χ4n) is 1.86. The van der Waals surface area contributed by atoms with Gasteiger partial charge in [0.05, 0.1) is 4.88 Å². The zero-order valence-corrected chi connectivity index (χ0v) is 12.2. The summed E-state index contributed by atoms with van der Waals surface area (Å²) in [5.74, 6) is 0. The SMILES string of the molecule is C[C@@]1(c2cnc(-c3ccccc3)s2)CC(Br)=NO1. The first kappa shape index (κ1) is 11.9. The van der Waals surface area contributed by atoms with Crippen molar-refractivity contribution in [3.05, 3.63) is 41.4 Å². The van der Waals surface area contributed by atoms with Crippen molar-refractivity contribution in [2.24, 2.45) is 5.16 Å². The summed E-state index contributed by atoms with van der Waals surface area (Å²) in [6, 6.07) is 10.2. The Morgan fingerprint density at radius 2 is 2.11 bits per heavy atom. The van der Waals surface area contributed by atoms with Crippen molar-refractivity contribution in [3.63, 3.8) is 0 Å². The molecule has 92 valence electrons. The highest BCUT2D eigenvalue weighted by molar-refractivity contribution is 9.18. The highest BCUT2D eigenvalue weighted by atomic mass is 79.9. The van der Waals surface area contributed by atoms with Crippen LogP contribution in [0.5, 0.6) is 0 Å². The van der Waals surface area contributed by atoms with Crippen molar-refractivity contribution in [1.82, 2.24) is 4.98 Å². The van der Waals surface area contributed by atoms with E-state index in [1.807, 2.05) is 31.3 Å². The van der Waals surface area contributed by atoms with Crippen LogP contribution in [0.1, 0.15) is 18.2 Å². The van der Waals surface area contributed by atoms with Gasteiger partial charge in [-0.15, -0.1) is 11.3 Å². The molecular formula is C13H11BrN2OS. The van der Waals surface area contributed by atoms with E-state index in [-0.39, 0.29) is 5.60 Å². The molecule has 0 aliphatic carbocycles. The Hall–Kier alpha value is -1.20. The third-order valence-electron chi connectivity index (χ3n) is 2.88. The van der Waals surface area contributed by atoms with Gasteiger partial charge >= 0.3 is 0 Å². The van der Waals surface area contributed by atoms with Crippen molar-refractivity contribution >= 4 is 31.9 Å². The maximum Gasteiger partial charge on any atom is 0.176 e. The highest BCUT2D eigenvalue weighted by Crippen LogP contribution is 2.40. The molecule has 5 heteroatoms. The van der Waals surface area contributed by atoms with Gasteiger partial charge in [-0.25, -0.2) is 4.98 Å². The van der Waals surface area contributed by atoms with Crippen LogP contribution >= 0.6 is 27.3 Å². The minimum absolute atomic E-state index is 0.385. The van der Waals surface area contributed by atoms with E-state index in [2.05, 4.69) is 38.2 Å². The second kappa shape index (κ2) is 4.48. The van der Waals surface area contributed by atoms with E-state index in [0.717, 1.165) is 26.5 Å². The highest BCUT2D eigenvalue weighted by Gasteiger charge is 2.37. The maximum atomic E-state index is 5.50. The number of hydrogen-bond donors (Lipinski definition) is 0. The maximum absolute atomic E-state index is 5.50. The summed E-state index contributed by atoms with van der Waals surface area (Å²) in [6.07, 6.45) is 2.64. The molecule has 2 heterocycles. The Kier molecular flexibility index (Phi) is 2.95. The van der Waals surface area contributed by atoms with Crippen LogP contribution in [0, 0.1) is 0 Å². The number of nitrogens with zero attached hydrogens (tertiary/aromatic N) is 2. The van der Waals surface area contributed by atoms with Gasteiger partial charge in [0.1, 0.15) is 9.63 Å². The summed E-state index contributed by atoms with van der Waals surface area (Å²) in [5.41, 5.74) is 0.749. The van der Waals surface area contributed by atoms with Gasteiger partial charge in [-0.1, -0.05) is 35.5 Å². The van der Waals surface area contributed by atoms with Gasteiger partial charge in [0.15, 0.2) is 5.60 Å². The first-order chi connectivity index (χ1) is 8.67. The van der Waals surface area contributed by atoms with E-state index in [4.69, 9.17) is 4.84 Å². The Labute approximate surface area is 118 Å². The number of oxime groups is 1. The van der Waals surface area contributed by atoms with E-state index in [1.165, 1.54) is 0 Å². The summed E-state index contributed by atoms with van der Waals surface area (Å²) in [6.45, 7) is 2.03. The number of benzene rings is 1. The van der Waals surface area contributed by atoms with Crippen LogP contribution in [-0.4, -0.2) is 9.60 Å². The molecule has 0 N–H and O–H groups in total. The number of hydrogen-bond acceptors (Lipinski definition) is 4. The number of rotatable bonds is 2. The van der Waals surface area contributed by atoms with Crippen molar-refractivity contribution in [2.45, 2.75) is 18.9 Å². The van der Waals surface area contributed by atoms with Crippen LogP contribution in [0.2, 0.25) is 0 Å². The number of halogens is 1. The average Bonchev–Trinajstić information content (AvgIpc) is 2.99. The lowest BCUT2D eigenvalue weighted by Gasteiger charge is -2.18. The smallest absolute Gasteiger partial charge is 0.176 e. The second-order valence-corrected chi connectivity index (χ2v) is 6.31. The minimum atomic E-state index is -0.385. The summed E-state index contributed by atoms with van der Waals surface area (Å²) >= 11 is 5.03. The Morgan fingerprint density at radius 1 is 1.33 bits per heavy atom. The molecule has 0 radical (unpaired) electrons. The van der Waals surface area contributed by atoms with Crippen LogP contribution in [0.4, 0.5) is 0 Å². The first-order valence-electron chi connectivity index (χ1n) is 5.60. The van der Waals surface area contributed by atoms with Crippen molar-refractivity contribution < 1.29 is 4.84 Å². The monoisotopic (exact) mass is 322 g/mol. The van der Waals surface area contributed by atoms with Gasteiger partial charge in [-0.2, -0.15) is 0 Å². The van der Waals surface area contributed by atoms with Gasteiger partial charge in [0.2, 0.25) is 0 Å². The molecule has 1 atom stereocenters. The van der Waals surface area contributed by atoms with Crippen LogP contribution < -0.4 is 0 Å². The lowest BCUT2D eigenvalue weighted by Crippen LogP contribution is -2.19. The molecule has 1 aliphatic heterocycles. The van der Waals surface area contributed by atoms with Gasteiger partial charge in [-0.05, 0) is 22.9 Å². The molecule has 0 unspecified atom stereocenters. The molecule has 1 aromatic heterocycles. The van der Waals surface area contributed by atoms with Gasteiger partial charge < -0.3 is 4.84 Å². The lowest BCUT2D eigenvalue weighted by molar-refractivity contribution is -0.00461. The number of thiazole rings is 1. The van der Waals surface area contributed by atoms with Crippen LogP contribution in [-0.2, 0) is 10.4 Å². The fourth-order valence-corrected chi connectivity index (χ4v) is 3.46. The normalized spacial score (nSPS) is 22.7. The molecule has 18 heavy (non-hydrogen) atoms. The number of aromatic nitrogens is 1. The molecule has 0 amide bonds. The molecule has 3 nitrogen and oxygen atoms in total. The van der Waals surface area contributed by atoms with Crippen molar-refractivity contribution in [3.8, 4) is 10.6 Å². The van der Waals surface area contributed by atoms with Crippen molar-refractivity contribution in [2.75, 3.05) is 0 Å². The molecule has 2 aromatic rings. The van der Waals surface area contributed by atoms with Gasteiger partial charge in [0, 0.05) is 18.2 Å². The average molecular weight is 323 g/mol. The third-order valence-corrected chi connectivity index (χ3v) is 4.59. The molecular weight excluding hydrogens is 312 g/mol. The first-order valence-corrected chi connectivity index (χ1v) is 7.21. The zero-order chi connectivity index (χ0) is 12.6. The Balaban J connectivity index is 1.91. The molecule has 0 saturated heterocycles. The molecule has 0 bridgehead atoms. The van der Waals surface area contributed by atoms with E-state index in [1.54, 1.807) is 11.3 Å². The van der Waals surface area contributed by atoms with Gasteiger partial charge in [-0.3, -0.25) is 0 Å². The second-order valence-electron chi connectivity index (χ2n) is 4.36. The molecule has 0 spiro atoms. The standard InChI is InChI=1S/C13H11BrN2OS/c1-13(7-11(14)16-17-13)10-8-15-12(18-10)9-5-3-2-4-6-9/h2-6,8H,7H2,1H3/t13-/m0/s1. The van der Waals surface area contributed by atoms with E-state index >= 15 is 0 Å². The van der Waals surface area contributed by atoms with Crippen molar-refractivity contribution in [1.29, 1.82) is 0 Å². The summed E-state index contributed by atoms with van der Waals surface area (Å²) in [7, 11) is 0. The molecule has 3 rings (SSSR count). The summed E-state index contributed by atoms with van der Waals surface area (Å²) in [4.78, 5) is 11.1. The van der Waals surface area contributed by atoms with Crippen LogP contribution in [0.25, 0.3) is 10.6 Å².